The maximum Gasteiger partial charge on any atom is 0.319 e. The molecule has 0 radical (unpaired) electrons. The summed E-state index contributed by atoms with van der Waals surface area (Å²) in [7, 11) is 1.37. The minimum atomic E-state index is -0.352. The van der Waals surface area contributed by atoms with E-state index >= 15 is 0 Å². The topological polar surface area (TPSA) is 65.2 Å². The normalized spacial score (nSPS) is 11.0. The van der Waals surface area contributed by atoms with Crippen molar-refractivity contribution >= 4 is 29.8 Å². The van der Waals surface area contributed by atoms with Crippen molar-refractivity contribution in [3.8, 4) is 11.4 Å². The van der Waals surface area contributed by atoms with Gasteiger partial charge in [-0.05, 0) is 41.5 Å². The molecule has 2 aromatic carbocycles. The van der Waals surface area contributed by atoms with Crippen LogP contribution in [0.25, 0.3) is 11.4 Å². The zero-order valence-electron chi connectivity index (χ0n) is 18.7. The fraction of sp³-hybridized carbons (Fsp3) is 0.200. The number of carbonyl (C=O) groups excluding carboxylic acids is 1. The maximum absolute atomic E-state index is 12.1. The standard InChI is InChI=1S/C25H24ClN5O2S/c1-33-23(32)17-29(16-21-10-5-6-12-22(21)26)18-31-25(34)30(15-19-8-3-2-4-9-19)24(28-31)20-11-7-13-27-14-20/h2-14H,15-18H2,1H3. The van der Waals surface area contributed by atoms with Gasteiger partial charge in [0.15, 0.2) is 10.6 Å². The highest BCUT2D eigenvalue weighted by Crippen LogP contribution is 2.21. The number of pyridine rings is 1. The van der Waals surface area contributed by atoms with Crippen LogP contribution in [0.15, 0.2) is 79.1 Å². The molecule has 0 bridgehead atoms. The van der Waals surface area contributed by atoms with Gasteiger partial charge in [0, 0.05) is 29.5 Å². The Kier molecular flexibility index (Phi) is 7.84. The van der Waals surface area contributed by atoms with Gasteiger partial charge in [-0.15, -0.1) is 0 Å². The molecule has 0 spiro atoms. The van der Waals surface area contributed by atoms with Gasteiger partial charge in [0.1, 0.15) is 0 Å². The molecule has 0 unspecified atom stereocenters. The lowest BCUT2D eigenvalue weighted by molar-refractivity contribution is -0.142. The second-order valence-corrected chi connectivity index (χ2v) is 8.49. The Morgan fingerprint density at radius 3 is 2.56 bits per heavy atom. The van der Waals surface area contributed by atoms with Crippen LogP contribution < -0.4 is 0 Å². The van der Waals surface area contributed by atoms with Crippen LogP contribution in [0.1, 0.15) is 11.1 Å². The van der Waals surface area contributed by atoms with E-state index in [0.29, 0.717) is 28.7 Å². The van der Waals surface area contributed by atoms with E-state index in [1.54, 1.807) is 17.1 Å². The highest BCUT2D eigenvalue weighted by molar-refractivity contribution is 7.71. The van der Waals surface area contributed by atoms with Gasteiger partial charge in [0.25, 0.3) is 0 Å². The Bertz CT molecular complexity index is 1310. The van der Waals surface area contributed by atoms with Crippen LogP contribution in [0, 0.1) is 4.77 Å². The maximum atomic E-state index is 12.1. The van der Waals surface area contributed by atoms with Gasteiger partial charge < -0.3 is 4.74 Å². The molecule has 0 fully saturated rings. The first-order chi connectivity index (χ1) is 16.5. The van der Waals surface area contributed by atoms with Crippen LogP contribution in [-0.2, 0) is 29.3 Å². The SMILES string of the molecule is COC(=O)CN(Cc1ccccc1Cl)Cn1nc(-c2cccnc2)n(Cc2ccccc2)c1=S. The summed E-state index contributed by atoms with van der Waals surface area (Å²) < 4.78 is 9.15. The molecule has 4 aromatic rings. The smallest absolute Gasteiger partial charge is 0.319 e. The molecule has 2 aromatic heterocycles. The van der Waals surface area contributed by atoms with Gasteiger partial charge in [-0.1, -0.05) is 60.1 Å². The molecule has 0 saturated heterocycles. The number of hydrogen-bond donors (Lipinski definition) is 0. The van der Waals surface area contributed by atoms with Gasteiger partial charge in [-0.25, -0.2) is 4.68 Å². The summed E-state index contributed by atoms with van der Waals surface area (Å²) in [5, 5.41) is 5.45. The highest BCUT2D eigenvalue weighted by Gasteiger charge is 2.18. The lowest BCUT2D eigenvalue weighted by Gasteiger charge is -2.21. The largest absolute Gasteiger partial charge is 0.468 e. The highest BCUT2D eigenvalue weighted by atomic mass is 35.5. The van der Waals surface area contributed by atoms with Crippen molar-refractivity contribution in [2.75, 3.05) is 13.7 Å². The molecule has 7 nitrogen and oxygen atoms in total. The van der Waals surface area contributed by atoms with Gasteiger partial charge in [0.2, 0.25) is 0 Å². The molecular formula is C25H24ClN5O2S. The third-order valence-electron chi connectivity index (χ3n) is 5.29. The minimum Gasteiger partial charge on any atom is -0.468 e. The third-order valence-corrected chi connectivity index (χ3v) is 6.09. The summed E-state index contributed by atoms with van der Waals surface area (Å²) >= 11 is 12.2. The Labute approximate surface area is 208 Å². The average molecular weight is 494 g/mol. The van der Waals surface area contributed by atoms with Crippen molar-refractivity contribution in [1.82, 2.24) is 24.2 Å². The molecule has 4 rings (SSSR count). The van der Waals surface area contributed by atoms with Gasteiger partial charge >= 0.3 is 5.97 Å². The Hall–Kier alpha value is -3.33. The Morgan fingerprint density at radius 1 is 1.09 bits per heavy atom. The molecule has 0 aliphatic heterocycles. The van der Waals surface area contributed by atoms with Crippen LogP contribution in [0.3, 0.4) is 0 Å². The zero-order valence-corrected chi connectivity index (χ0v) is 20.2. The molecule has 34 heavy (non-hydrogen) atoms. The van der Waals surface area contributed by atoms with E-state index in [2.05, 4.69) is 4.98 Å². The molecule has 174 valence electrons. The first-order valence-corrected chi connectivity index (χ1v) is 11.5. The molecule has 0 saturated carbocycles. The monoisotopic (exact) mass is 493 g/mol. The van der Waals surface area contributed by atoms with Gasteiger partial charge in [-0.2, -0.15) is 5.10 Å². The molecule has 2 heterocycles. The van der Waals surface area contributed by atoms with Crippen LogP contribution >= 0.6 is 23.8 Å². The minimum absolute atomic E-state index is 0.0667. The van der Waals surface area contributed by atoms with Crippen LogP contribution in [0.2, 0.25) is 5.02 Å². The molecule has 0 amide bonds. The fourth-order valence-electron chi connectivity index (χ4n) is 3.61. The Balaban J connectivity index is 1.70. The molecular weight excluding hydrogens is 470 g/mol. The van der Waals surface area contributed by atoms with E-state index in [-0.39, 0.29) is 19.2 Å². The summed E-state index contributed by atoms with van der Waals surface area (Å²) in [6, 6.07) is 21.4. The summed E-state index contributed by atoms with van der Waals surface area (Å²) in [6.07, 6.45) is 3.48. The lowest BCUT2D eigenvalue weighted by atomic mass is 10.2. The molecule has 0 aliphatic carbocycles. The molecule has 9 heteroatoms. The van der Waals surface area contributed by atoms with Crippen molar-refractivity contribution in [3.63, 3.8) is 0 Å². The van der Waals surface area contributed by atoms with Crippen molar-refractivity contribution in [2.45, 2.75) is 19.8 Å². The zero-order chi connectivity index (χ0) is 23.9. The number of esters is 1. The fourth-order valence-corrected chi connectivity index (χ4v) is 4.06. The van der Waals surface area contributed by atoms with E-state index in [0.717, 1.165) is 16.7 Å². The predicted molar refractivity (Wildman–Crippen MR) is 134 cm³/mol. The third kappa shape index (κ3) is 5.77. The van der Waals surface area contributed by atoms with Crippen LogP contribution in [-0.4, -0.2) is 43.9 Å². The number of hydrogen-bond acceptors (Lipinski definition) is 6. The number of nitrogens with zero attached hydrogens (tertiary/aromatic N) is 5. The summed E-state index contributed by atoms with van der Waals surface area (Å²) in [4.78, 5) is 18.3. The number of ether oxygens (including phenoxy) is 1. The predicted octanol–water partition coefficient (Wildman–Crippen LogP) is 4.81. The second kappa shape index (κ2) is 11.2. The first kappa shape index (κ1) is 23.8. The number of carbonyl (C=O) groups is 1. The summed E-state index contributed by atoms with van der Waals surface area (Å²) in [5.74, 6) is 0.354. The Morgan fingerprint density at radius 2 is 1.85 bits per heavy atom. The first-order valence-electron chi connectivity index (χ1n) is 10.7. The lowest BCUT2D eigenvalue weighted by Crippen LogP contribution is -2.32. The van der Waals surface area contributed by atoms with E-state index in [4.69, 9.17) is 33.7 Å². The molecule has 0 N–H and O–H groups in total. The number of aromatic nitrogens is 4. The van der Waals surface area contributed by atoms with Gasteiger partial charge in [-0.3, -0.25) is 19.2 Å². The average Bonchev–Trinajstić information content (AvgIpc) is 3.16. The van der Waals surface area contributed by atoms with Crippen molar-refractivity contribution in [1.29, 1.82) is 0 Å². The number of rotatable bonds is 9. The number of halogens is 1. The quantitative estimate of drug-likeness (QED) is 0.246. The summed E-state index contributed by atoms with van der Waals surface area (Å²) in [5.41, 5.74) is 2.86. The van der Waals surface area contributed by atoms with Crippen LogP contribution in [0.5, 0.6) is 0 Å². The van der Waals surface area contributed by atoms with E-state index in [1.165, 1.54) is 7.11 Å². The van der Waals surface area contributed by atoms with E-state index in [1.807, 2.05) is 76.2 Å². The van der Waals surface area contributed by atoms with Crippen LogP contribution in [0.4, 0.5) is 0 Å². The van der Waals surface area contributed by atoms with E-state index < -0.39 is 0 Å². The van der Waals surface area contributed by atoms with E-state index in [9.17, 15) is 4.79 Å². The van der Waals surface area contributed by atoms with Crippen molar-refractivity contribution in [3.05, 3.63) is 100 Å². The second-order valence-electron chi connectivity index (χ2n) is 7.72. The van der Waals surface area contributed by atoms with Crippen molar-refractivity contribution in [2.24, 2.45) is 0 Å². The molecule has 0 atom stereocenters. The van der Waals surface area contributed by atoms with Crippen molar-refractivity contribution < 1.29 is 9.53 Å². The number of benzene rings is 2. The van der Waals surface area contributed by atoms with Gasteiger partial charge in [0.05, 0.1) is 26.9 Å². The molecule has 0 aliphatic rings. The summed E-state index contributed by atoms with van der Waals surface area (Å²) in [6.45, 7) is 1.35. The number of methoxy groups -OCH3 is 1.